The third-order valence-corrected chi connectivity index (χ3v) is 6.22. The minimum absolute atomic E-state index is 0.160. The first kappa shape index (κ1) is 24.2. The fraction of sp³-hybridized carbons (Fsp3) is 0.536. The average molecular weight is 409 g/mol. The molecule has 0 unspecified atom stereocenters. The molecule has 164 valence electrons. The van der Waals surface area contributed by atoms with Gasteiger partial charge in [0.25, 0.3) is 0 Å². The zero-order valence-electron chi connectivity index (χ0n) is 19.1. The Kier molecular flexibility index (Phi) is 11.3. The molecule has 0 amide bonds. The molecular formula is C28H40O2. The summed E-state index contributed by atoms with van der Waals surface area (Å²) < 4.78 is 5.34. The van der Waals surface area contributed by atoms with E-state index in [0.717, 1.165) is 30.4 Å². The molecule has 2 nitrogen and oxygen atoms in total. The summed E-state index contributed by atoms with van der Waals surface area (Å²) in [5.41, 5.74) is 1.32. The molecular weight excluding hydrogens is 368 g/mol. The van der Waals surface area contributed by atoms with Gasteiger partial charge >= 0.3 is 5.97 Å². The molecule has 0 spiro atoms. The molecule has 2 rings (SSSR count). The predicted octanol–water partition coefficient (Wildman–Crippen LogP) is 7.85. The average Bonchev–Trinajstić information content (AvgIpc) is 2.81. The maximum Gasteiger partial charge on any atom is 0.320 e. The van der Waals surface area contributed by atoms with Crippen LogP contribution in [0.15, 0.2) is 60.7 Å². The van der Waals surface area contributed by atoms with Crippen molar-refractivity contribution in [2.75, 3.05) is 7.11 Å². The van der Waals surface area contributed by atoms with Crippen LogP contribution in [0.3, 0.4) is 0 Å². The molecule has 0 saturated carbocycles. The number of carbonyl (C=O) groups excluding carboxylic acids is 1. The van der Waals surface area contributed by atoms with Crippen LogP contribution < -0.4 is 0 Å². The Hall–Kier alpha value is -2.09. The van der Waals surface area contributed by atoms with Crippen LogP contribution in [0.5, 0.6) is 0 Å². The Bertz CT molecular complexity index is 654. The van der Waals surface area contributed by atoms with Gasteiger partial charge in [-0.1, -0.05) is 138 Å². The highest BCUT2D eigenvalue weighted by molar-refractivity contribution is 5.87. The summed E-state index contributed by atoms with van der Waals surface area (Å²) in [6.07, 6.45) is 15.1. The summed E-state index contributed by atoms with van der Waals surface area (Å²) >= 11 is 0. The number of methoxy groups -OCH3 is 1. The smallest absolute Gasteiger partial charge is 0.320 e. The molecule has 0 saturated heterocycles. The van der Waals surface area contributed by atoms with Crippen LogP contribution in [0.25, 0.3) is 0 Å². The maximum atomic E-state index is 13.1. The van der Waals surface area contributed by atoms with E-state index in [4.69, 9.17) is 4.74 Å². The van der Waals surface area contributed by atoms with Gasteiger partial charge < -0.3 is 4.74 Å². The van der Waals surface area contributed by atoms with Gasteiger partial charge in [-0.2, -0.15) is 0 Å². The first-order chi connectivity index (χ1) is 14.8. The SMILES string of the molecule is CCCCCCCCCCCCCC(C(=O)OC)(c1ccccc1)c1ccccc1. The Balaban J connectivity index is 1.93. The van der Waals surface area contributed by atoms with Gasteiger partial charge in [-0.25, -0.2) is 0 Å². The van der Waals surface area contributed by atoms with E-state index in [1.165, 1.54) is 64.9 Å². The Labute approximate surface area is 184 Å². The van der Waals surface area contributed by atoms with Gasteiger partial charge in [-0.3, -0.25) is 4.79 Å². The number of hydrogen-bond donors (Lipinski definition) is 0. The van der Waals surface area contributed by atoms with E-state index in [0.29, 0.717) is 0 Å². The van der Waals surface area contributed by atoms with E-state index in [2.05, 4.69) is 31.2 Å². The summed E-state index contributed by atoms with van der Waals surface area (Å²) in [5.74, 6) is -0.160. The number of carbonyl (C=O) groups is 1. The standard InChI is InChI=1S/C28H40O2/c1-3-4-5-6-7-8-9-10-11-12-19-24-28(27(29)30-2,25-20-15-13-16-21-25)26-22-17-14-18-23-26/h13-18,20-23H,3-12,19,24H2,1-2H3. The first-order valence-corrected chi connectivity index (χ1v) is 11.9. The van der Waals surface area contributed by atoms with E-state index >= 15 is 0 Å². The van der Waals surface area contributed by atoms with Crippen LogP contribution in [-0.4, -0.2) is 13.1 Å². The van der Waals surface area contributed by atoms with Crippen molar-refractivity contribution in [3.63, 3.8) is 0 Å². The third-order valence-electron chi connectivity index (χ3n) is 6.22. The van der Waals surface area contributed by atoms with E-state index in [9.17, 15) is 4.79 Å². The second-order valence-corrected chi connectivity index (χ2v) is 8.41. The molecule has 0 aliphatic carbocycles. The molecule has 0 N–H and O–H groups in total. The highest BCUT2D eigenvalue weighted by Gasteiger charge is 2.42. The minimum Gasteiger partial charge on any atom is -0.468 e. The summed E-state index contributed by atoms with van der Waals surface area (Å²) in [6.45, 7) is 2.27. The number of unbranched alkanes of at least 4 members (excludes halogenated alkanes) is 10. The summed E-state index contributed by atoms with van der Waals surface area (Å²) in [5, 5.41) is 0. The van der Waals surface area contributed by atoms with Crippen LogP contribution in [0, 0.1) is 0 Å². The Morgan fingerprint density at radius 1 is 0.667 bits per heavy atom. The van der Waals surface area contributed by atoms with E-state index in [1.807, 2.05) is 36.4 Å². The third kappa shape index (κ3) is 7.00. The zero-order valence-corrected chi connectivity index (χ0v) is 19.1. The maximum absolute atomic E-state index is 13.1. The lowest BCUT2D eigenvalue weighted by Crippen LogP contribution is -2.38. The fourth-order valence-electron chi connectivity index (χ4n) is 4.47. The second-order valence-electron chi connectivity index (χ2n) is 8.41. The molecule has 0 bridgehead atoms. The van der Waals surface area contributed by atoms with Crippen LogP contribution in [0.2, 0.25) is 0 Å². The van der Waals surface area contributed by atoms with Crippen molar-refractivity contribution in [3.8, 4) is 0 Å². The molecule has 0 aliphatic heterocycles. The van der Waals surface area contributed by atoms with Crippen molar-refractivity contribution in [2.45, 2.75) is 89.4 Å². The summed E-state index contributed by atoms with van der Waals surface area (Å²) in [4.78, 5) is 13.1. The Morgan fingerprint density at radius 3 is 1.47 bits per heavy atom. The summed E-state index contributed by atoms with van der Waals surface area (Å²) in [6, 6.07) is 20.3. The predicted molar refractivity (Wildman–Crippen MR) is 127 cm³/mol. The molecule has 2 aromatic rings. The molecule has 0 radical (unpaired) electrons. The lowest BCUT2D eigenvalue weighted by molar-refractivity contribution is -0.146. The largest absolute Gasteiger partial charge is 0.468 e. The topological polar surface area (TPSA) is 26.3 Å². The molecule has 0 aliphatic rings. The van der Waals surface area contributed by atoms with Gasteiger partial charge in [0.2, 0.25) is 0 Å². The van der Waals surface area contributed by atoms with Crippen molar-refractivity contribution in [1.82, 2.24) is 0 Å². The number of esters is 1. The van der Waals surface area contributed by atoms with Gasteiger partial charge in [0.1, 0.15) is 5.41 Å². The number of ether oxygens (including phenoxy) is 1. The molecule has 2 heteroatoms. The highest BCUT2D eigenvalue weighted by atomic mass is 16.5. The molecule has 0 atom stereocenters. The van der Waals surface area contributed by atoms with Crippen LogP contribution in [-0.2, 0) is 14.9 Å². The lowest BCUT2D eigenvalue weighted by atomic mass is 9.71. The molecule has 0 heterocycles. The molecule has 0 aromatic heterocycles. The van der Waals surface area contributed by atoms with Gasteiger partial charge in [0.15, 0.2) is 0 Å². The van der Waals surface area contributed by atoms with Crippen LogP contribution in [0.4, 0.5) is 0 Å². The van der Waals surface area contributed by atoms with Crippen molar-refractivity contribution in [2.24, 2.45) is 0 Å². The van der Waals surface area contributed by atoms with E-state index in [-0.39, 0.29) is 5.97 Å². The number of hydrogen-bond acceptors (Lipinski definition) is 2. The van der Waals surface area contributed by atoms with Gasteiger partial charge in [0.05, 0.1) is 7.11 Å². The number of benzene rings is 2. The van der Waals surface area contributed by atoms with Crippen molar-refractivity contribution >= 4 is 5.97 Å². The fourth-order valence-corrected chi connectivity index (χ4v) is 4.47. The lowest BCUT2D eigenvalue weighted by Gasteiger charge is -2.32. The first-order valence-electron chi connectivity index (χ1n) is 11.9. The summed E-state index contributed by atoms with van der Waals surface area (Å²) in [7, 11) is 1.50. The normalized spacial score (nSPS) is 11.4. The van der Waals surface area contributed by atoms with Crippen LogP contribution >= 0.6 is 0 Å². The molecule has 2 aromatic carbocycles. The quantitative estimate of drug-likeness (QED) is 0.221. The van der Waals surface area contributed by atoms with E-state index in [1.54, 1.807) is 0 Å². The van der Waals surface area contributed by atoms with Gasteiger partial charge in [-0.05, 0) is 17.5 Å². The van der Waals surface area contributed by atoms with Crippen molar-refractivity contribution in [3.05, 3.63) is 71.8 Å². The Morgan fingerprint density at radius 2 is 1.07 bits per heavy atom. The van der Waals surface area contributed by atoms with Gasteiger partial charge in [0, 0.05) is 0 Å². The van der Waals surface area contributed by atoms with Gasteiger partial charge in [-0.15, -0.1) is 0 Å². The van der Waals surface area contributed by atoms with E-state index < -0.39 is 5.41 Å². The molecule has 0 fully saturated rings. The highest BCUT2D eigenvalue weighted by Crippen LogP contribution is 2.38. The monoisotopic (exact) mass is 408 g/mol. The zero-order chi connectivity index (χ0) is 21.5. The van der Waals surface area contributed by atoms with Crippen molar-refractivity contribution in [1.29, 1.82) is 0 Å². The molecule has 30 heavy (non-hydrogen) atoms. The second kappa shape index (κ2) is 14.0. The minimum atomic E-state index is -0.726. The number of rotatable bonds is 15. The van der Waals surface area contributed by atoms with Crippen LogP contribution in [0.1, 0.15) is 95.1 Å². The van der Waals surface area contributed by atoms with Crippen molar-refractivity contribution < 1.29 is 9.53 Å².